The SMILES string of the molecule is CCOc1cccc(N2CCSCC2S(C)(=O)=O)c1N. The fourth-order valence-corrected chi connectivity index (χ4v) is 5.11. The molecule has 7 heteroatoms. The van der Waals surface area contributed by atoms with Crippen molar-refractivity contribution in [2.24, 2.45) is 0 Å². The van der Waals surface area contributed by atoms with Crippen LogP contribution in [0.15, 0.2) is 18.2 Å². The first kappa shape index (κ1) is 15.3. The summed E-state index contributed by atoms with van der Waals surface area (Å²) in [5.41, 5.74) is 7.39. The smallest absolute Gasteiger partial charge is 0.169 e. The summed E-state index contributed by atoms with van der Waals surface area (Å²) in [6, 6.07) is 5.50. The van der Waals surface area contributed by atoms with Crippen molar-refractivity contribution in [1.82, 2.24) is 0 Å². The summed E-state index contributed by atoms with van der Waals surface area (Å²) < 4.78 is 29.4. The molecule has 1 aromatic carbocycles. The van der Waals surface area contributed by atoms with Crippen molar-refractivity contribution in [2.45, 2.75) is 12.3 Å². The highest BCUT2D eigenvalue weighted by atomic mass is 32.2. The highest BCUT2D eigenvalue weighted by molar-refractivity contribution is 8.01. The summed E-state index contributed by atoms with van der Waals surface area (Å²) in [6.07, 6.45) is 1.28. The molecule has 1 unspecified atom stereocenters. The van der Waals surface area contributed by atoms with Crippen LogP contribution in [-0.4, -0.2) is 44.7 Å². The minimum atomic E-state index is -3.16. The molecule has 0 radical (unpaired) electrons. The van der Waals surface area contributed by atoms with Crippen LogP contribution in [0.5, 0.6) is 5.75 Å². The van der Waals surface area contributed by atoms with E-state index in [-0.39, 0.29) is 0 Å². The molecule has 1 fully saturated rings. The lowest BCUT2D eigenvalue weighted by Crippen LogP contribution is -2.47. The van der Waals surface area contributed by atoms with Crippen molar-refractivity contribution in [3.8, 4) is 5.75 Å². The Balaban J connectivity index is 2.40. The number of benzene rings is 1. The maximum atomic E-state index is 12.0. The van der Waals surface area contributed by atoms with E-state index in [1.165, 1.54) is 6.26 Å². The molecule has 5 nitrogen and oxygen atoms in total. The Bertz CT molecular complexity index is 575. The normalized spacial score (nSPS) is 19.9. The van der Waals surface area contributed by atoms with Gasteiger partial charge in [0.2, 0.25) is 0 Å². The first-order valence-electron chi connectivity index (χ1n) is 6.49. The third-order valence-corrected chi connectivity index (χ3v) is 5.87. The Kier molecular flexibility index (Phi) is 4.70. The summed E-state index contributed by atoms with van der Waals surface area (Å²) in [5, 5.41) is -0.527. The molecule has 1 saturated heterocycles. The van der Waals surface area contributed by atoms with Gasteiger partial charge in [-0.2, -0.15) is 11.8 Å². The van der Waals surface area contributed by atoms with Crippen LogP contribution in [-0.2, 0) is 9.84 Å². The number of sulfone groups is 1. The molecule has 0 bridgehead atoms. The van der Waals surface area contributed by atoms with Gasteiger partial charge in [-0.25, -0.2) is 8.42 Å². The van der Waals surface area contributed by atoms with Crippen LogP contribution < -0.4 is 15.4 Å². The highest BCUT2D eigenvalue weighted by Crippen LogP contribution is 2.36. The maximum absolute atomic E-state index is 12.0. The van der Waals surface area contributed by atoms with Gasteiger partial charge in [-0.05, 0) is 19.1 Å². The van der Waals surface area contributed by atoms with E-state index in [0.29, 0.717) is 30.3 Å². The van der Waals surface area contributed by atoms with Crippen LogP contribution in [0.25, 0.3) is 0 Å². The largest absolute Gasteiger partial charge is 0.492 e. The Morgan fingerprint density at radius 2 is 2.25 bits per heavy atom. The number of ether oxygens (including phenoxy) is 1. The van der Waals surface area contributed by atoms with Crippen molar-refractivity contribution in [3.05, 3.63) is 18.2 Å². The molecule has 1 atom stereocenters. The van der Waals surface area contributed by atoms with Gasteiger partial charge in [0.15, 0.2) is 9.84 Å². The van der Waals surface area contributed by atoms with Crippen LogP contribution in [0.4, 0.5) is 11.4 Å². The van der Waals surface area contributed by atoms with E-state index in [9.17, 15) is 8.42 Å². The van der Waals surface area contributed by atoms with Crippen LogP contribution in [0, 0.1) is 0 Å². The van der Waals surface area contributed by atoms with Gasteiger partial charge in [0.25, 0.3) is 0 Å². The van der Waals surface area contributed by atoms with Gasteiger partial charge in [0, 0.05) is 24.3 Å². The van der Waals surface area contributed by atoms with Gasteiger partial charge in [-0.1, -0.05) is 6.07 Å². The summed E-state index contributed by atoms with van der Waals surface area (Å²) in [5.74, 6) is 2.07. The van der Waals surface area contributed by atoms with E-state index in [1.807, 2.05) is 24.0 Å². The molecule has 1 heterocycles. The Morgan fingerprint density at radius 3 is 2.90 bits per heavy atom. The number of hydrogen-bond acceptors (Lipinski definition) is 6. The predicted octanol–water partition coefficient (Wildman–Crippen LogP) is 1.59. The third kappa shape index (κ3) is 3.15. The van der Waals surface area contributed by atoms with Gasteiger partial charge in [0.1, 0.15) is 11.1 Å². The summed E-state index contributed by atoms with van der Waals surface area (Å²) in [6.45, 7) is 3.09. The zero-order valence-electron chi connectivity index (χ0n) is 11.7. The molecule has 1 aliphatic heterocycles. The maximum Gasteiger partial charge on any atom is 0.169 e. The molecule has 0 saturated carbocycles. The number of anilines is 2. The monoisotopic (exact) mass is 316 g/mol. The van der Waals surface area contributed by atoms with Crippen LogP contribution in [0.1, 0.15) is 6.92 Å². The number of nitrogens with zero attached hydrogens (tertiary/aromatic N) is 1. The van der Waals surface area contributed by atoms with Crippen molar-refractivity contribution in [3.63, 3.8) is 0 Å². The minimum Gasteiger partial charge on any atom is -0.492 e. The van der Waals surface area contributed by atoms with Crippen molar-refractivity contribution in [1.29, 1.82) is 0 Å². The molecule has 0 aliphatic carbocycles. The molecule has 0 amide bonds. The van der Waals surface area contributed by atoms with Gasteiger partial charge < -0.3 is 15.4 Å². The molecule has 1 aliphatic rings. The zero-order valence-corrected chi connectivity index (χ0v) is 13.3. The molecule has 2 rings (SSSR count). The van der Waals surface area contributed by atoms with E-state index < -0.39 is 15.2 Å². The zero-order chi connectivity index (χ0) is 14.8. The number of hydrogen-bond donors (Lipinski definition) is 1. The number of rotatable bonds is 4. The molecule has 20 heavy (non-hydrogen) atoms. The van der Waals surface area contributed by atoms with Crippen molar-refractivity contribution >= 4 is 33.0 Å². The second kappa shape index (κ2) is 6.13. The molecule has 0 aromatic heterocycles. The van der Waals surface area contributed by atoms with E-state index in [2.05, 4.69) is 0 Å². The lowest BCUT2D eigenvalue weighted by Gasteiger charge is -2.36. The average Bonchev–Trinajstić information content (AvgIpc) is 2.40. The van der Waals surface area contributed by atoms with Gasteiger partial charge in [-0.3, -0.25) is 0 Å². The van der Waals surface area contributed by atoms with E-state index in [4.69, 9.17) is 10.5 Å². The Hall–Kier alpha value is -1.08. The molecular formula is C13H20N2O3S2. The van der Waals surface area contributed by atoms with Gasteiger partial charge >= 0.3 is 0 Å². The number of para-hydroxylation sites is 1. The van der Waals surface area contributed by atoms with Crippen molar-refractivity contribution in [2.75, 3.05) is 41.5 Å². The highest BCUT2D eigenvalue weighted by Gasteiger charge is 2.32. The lowest BCUT2D eigenvalue weighted by molar-refractivity contribution is 0.342. The second-order valence-corrected chi connectivity index (χ2v) is 8.03. The van der Waals surface area contributed by atoms with Gasteiger partial charge in [0.05, 0.1) is 18.0 Å². The molecule has 0 spiro atoms. The van der Waals surface area contributed by atoms with E-state index >= 15 is 0 Å². The molecule has 2 N–H and O–H groups in total. The summed E-state index contributed by atoms with van der Waals surface area (Å²) >= 11 is 1.66. The summed E-state index contributed by atoms with van der Waals surface area (Å²) in [7, 11) is -3.16. The van der Waals surface area contributed by atoms with Crippen molar-refractivity contribution < 1.29 is 13.2 Å². The fraction of sp³-hybridized carbons (Fsp3) is 0.538. The first-order chi connectivity index (χ1) is 9.45. The fourth-order valence-electron chi connectivity index (χ4n) is 2.28. The topological polar surface area (TPSA) is 72.6 Å². The van der Waals surface area contributed by atoms with Crippen LogP contribution in [0.2, 0.25) is 0 Å². The summed E-state index contributed by atoms with van der Waals surface area (Å²) in [4.78, 5) is 1.88. The molecule has 1 aromatic rings. The minimum absolute atomic E-state index is 0.509. The number of thioether (sulfide) groups is 1. The Labute approximate surface area is 124 Å². The third-order valence-electron chi connectivity index (χ3n) is 3.23. The van der Waals surface area contributed by atoms with Crippen LogP contribution in [0.3, 0.4) is 0 Å². The average molecular weight is 316 g/mol. The lowest BCUT2D eigenvalue weighted by atomic mass is 10.2. The predicted molar refractivity (Wildman–Crippen MR) is 85.3 cm³/mol. The molecule has 112 valence electrons. The van der Waals surface area contributed by atoms with E-state index in [0.717, 1.165) is 11.4 Å². The standard InChI is InChI=1S/C13H20N2O3S2/c1-3-18-11-6-4-5-10(13(11)14)15-7-8-19-9-12(15)20(2,16)17/h4-6,12H,3,7-9,14H2,1-2H3. The van der Waals surface area contributed by atoms with Crippen LogP contribution >= 0.6 is 11.8 Å². The number of nitrogen functional groups attached to an aromatic ring is 1. The second-order valence-electron chi connectivity index (χ2n) is 4.67. The Morgan fingerprint density at radius 1 is 1.50 bits per heavy atom. The van der Waals surface area contributed by atoms with E-state index in [1.54, 1.807) is 17.8 Å². The molecular weight excluding hydrogens is 296 g/mol. The number of nitrogens with two attached hydrogens (primary N) is 1. The van der Waals surface area contributed by atoms with Gasteiger partial charge in [-0.15, -0.1) is 0 Å². The first-order valence-corrected chi connectivity index (χ1v) is 9.60. The quantitative estimate of drug-likeness (QED) is 0.851.